The Labute approximate surface area is 242 Å². The van der Waals surface area contributed by atoms with E-state index in [1.54, 1.807) is 24.0 Å². The number of aromatic nitrogens is 2. The maximum Gasteiger partial charge on any atom is 0.245 e. The van der Waals surface area contributed by atoms with Crippen LogP contribution in [0.25, 0.3) is 0 Å². The van der Waals surface area contributed by atoms with E-state index in [2.05, 4.69) is 21.6 Å². The molecule has 0 radical (unpaired) electrons. The predicted molar refractivity (Wildman–Crippen MR) is 153 cm³/mol. The van der Waals surface area contributed by atoms with Gasteiger partial charge in [0, 0.05) is 39.1 Å². The highest BCUT2D eigenvalue weighted by molar-refractivity contribution is 8.00. The number of thioether (sulfide) groups is 1. The van der Waals surface area contributed by atoms with Crippen molar-refractivity contribution in [2.24, 2.45) is 5.73 Å². The molecule has 1 atom stereocenters. The average Bonchev–Trinajstić information content (AvgIpc) is 3.49. The second kappa shape index (κ2) is 9.68. The number of nitrogens with one attached hydrogen (secondary N) is 1. The van der Waals surface area contributed by atoms with E-state index in [1.165, 1.54) is 23.1 Å². The second-order valence-corrected chi connectivity index (χ2v) is 12.3. The van der Waals surface area contributed by atoms with Crippen LogP contribution in [0.3, 0.4) is 0 Å². The maximum absolute atomic E-state index is 13.8. The van der Waals surface area contributed by atoms with E-state index in [0.717, 1.165) is 5.56 Å². The Morgan fingerprint density at radius 3 is 2.74 bits per heavy atom. The van der Waals surface area contributed by atoms with Crippen LogP contribution in [0, 0.1) is 18.3 Å². The summed E-state index contributed by atoms with van der Waals surface area (Å²) in [5, 5.41) is 23.6. The summed E-state index contributed by atoms with van der Waals surface area (Å²) in [5.41, 5.74) is 8.49. The maximum atomic E-state index is 13.8. The van der Waals surface area contributed by atoms with Gasteiger partial charge in [0.1, 0.15) is 17.3 Å². The number of nitrogens with zero attached hydrogens (tertiary/aromatic N) is 4. The number of Topliss-reactive ketones (excluding diaryl/α,β-unsaturated/α-hetero) is 1. The van der Waals surface area contributed by atoms with Crippen molar-refractivity contribution in [1.82, 2.24) is 10.2 Å². The first kappa shape index (κ1) is 25.9. The molecule has 2 aliphatic heterocycles. The lowest BCUT2D eigenvalue weighted by molar-refractivity contribution is -0.122. The Kier molecular flexibility index (Phi) is 6.43. The molecule has 6 rings (SSSR count). The van der Waals surface area contributed by atoms with Crippen molar-refractivity contribution in [1.29, 1.82) is 5.26 Å². The minimum absolute atomic E-state index is 0.0186. The topological polar surface area (TPSA) is 125 Å². The number of amides is 1. The van der Waals surface area contributed by atoms with Gasteiger partial charge < -0.3 is 11.1 Å². The summed E-state index contributed by atoms with van der Waals surface area (Å²) in [4.78, 5) is 29.1. The van der Waals surface area contributed by atoms with Crippen molar-refractivity contribution in [2.75, 3.05) is 10.2 Å². The fourth-order valence-corrected chi connectivity index (χ4v) is 7.83. The van der Waals surface area contributed by atoms with Crippen molar-refractivity contribution in [2.45, 2.75) is 41.7 Å². The van der Waals surface area contributed by atoms with Crippen LogP contribution >= 0.6 is 46.3 Å². The Hall–Kier alpha value is -3.36. The van der Waals surface area contributed by atoms with Gasteiger partial charge in [0.25, 0.3) is 0 Å². The fraction of sp³-hybridized carbons (Fsp3) is 0.222. The van der Waals surface area contributed by atoms with E-state index in [1.807, 2.05) is 24.3 Å². The third kappa shape index (κ3) is 3.79. The number of carbonyl (C=O) groups is 2. The molecule has 0 bridgehead atoms. The number of nitrogens with two attached hydrogens (primary N) is 1. The van der Waals surface area contributed by atoms with Crippen LogP contribution in [0.1, 0.15) is 36.0 Å². The molecule has 1 aliphatic carbocycles. The molecular formula is C27H20Cl2N6O2S2. The molecule has 39 heavy (non-hydrogen) atoms. The first-order valence-electron chi connectivity index (χ1n) is 12.1. The standard InChI is InChI=1S/C27H20Cl2N6O2S2/c1-13-17(28)10-9-15-22(13)32-24(37)27(15)16(11-30)23(31)35(19-7-4-8-20(36)21(19)27)25-33-34-26(39-25)38-12-14-5-2-3-6-18(14)29/h2-3,5-6,9-10H,4,7-8,12,31H2,1H3,(H,32,37)/t27-/m0/s1. The molecular weight excluding hydrogens is 575 g/mol. The molecule has 1 aromatic heterocycles. The normalized spacial score (nSPS) is 20.3. The summed E-state index contributed by atoms with van der Waals surface area (Å²) in [6, 6.07) is 13.1. The molecule has 0 saturated carbocycles. The van der Waals surface area contributed by atoms with E-state index < -0.39 is 11.3 Å². The van der Waals surface area contributed by atoms with Gasteiger partial charge in [-0.05, 0) is 43.0 Å². The molecule has 3 aromatic rings. The van der Waals surface area contributed by atoms with Gasteiger partial charge in [-0.2, -0.15) is 5.26 Å². The molecule has 1 spiro atoms. The van der Waals surface area contributed by atoms with Gasteiger partial charge in [0.05, 0.1) is 11.3 Å². The van der Waals surface area contributed by atoms with Gasteiger partial charge in [0.15, 0.2) is 10.1 Å². The van der Waals surface area contributed by atoms with Gasteiger partial charge in [0.2, 0.25) is 11.0 Å². The molecule has 3 N–H and O–H groups in total. The van der Waals surface area contributed by atoms with Crippen molar-refractivity contribution in [3.8, 4) is 6.07 Å². The van der Waals surface area contributed by atoms with E-state index >= 15 is 0 Å². The number of anilines is 2. The van der Waals surface area contributed by atoms with Gasteiger partial charge in [-0.3, -0.25) is 14.5 Å². The second-order valence-electron chi connectivity index (χ2n) is 9.34. The van der Waals surface area contributed by atoms with Crippen molar-refractivity contribution in [3.63, 3.8) is 0 Å². The molecule has 0 saturated heterocycles. The zero-order valence-corrected chi connectivity index (χ0v) is 23.7. The smallest absolute Gasteiger partial charge is 0.245 e. The number of fused-ring (bicyclic) bond motifs is 3. The number of benzene rings is 2. The highest BCUT2D eigenvalue weighted by Crippen LogP contribution is 2.56. The van der Waals surface area contributed by atoms with Gasteiger partial charge in [-0.25, -0.2) is 0 Å². The third-order valence-electron chi connectivity index (χ3n) is 7.29. The molecule has 0 fully saturated rings. The molecule has 0 unspecified atom stereocenters. The van der Waals surface area contributed by atoms with Crippen LogP contribution in [0.5, 0.6) is 0 Å². The first-order chi connectivity index (χ1) is 18.8. The summed E-state index contributed by atoms with van der Waals surface area (Å²) < 4.78 is 0.676. The van der Waals surface area contributed by atoms with Crippen LogP contribution < -0.4 is 16.0 Å². The lowest BCUT2D eigenvalue weighted by Crippen LogP contribution is -2.50. The molecule has 2 aromatic carbocycles. The first-order valence-corrected chi connectivity index (χ1v) is 14.6. The van der Waals surface area contributed by atoms with Crippen LogP contribution in [0.15, 0.2) is 63.4 Å². The summed E-state index contributed by atoms with van der Waals surface area (Å²) in [6.07, 6.45) is 1.33. The number of carbonyl (C=O) groups excluding carboxylic acids is 2. The van der Waals surface area contributed by atoms with Crippen LogP contribution in [0.4, 0.5) is 10.8 Å². The monoisotopic (exact) mass is 594 g/mol. The Bertz CT molecular complexity index is 1690. The van der Waals surface area contributed by atoms with Gasteiger partial charge in [-0.15, -0.1) is 10.2 Å². The molecule has 8 nitrogen and oxygen atoms in total. The number of hydrogen-bond acceptors (Lipinski definition) is 9. The zero-order chi connectivity index (χ0) is 27.5. The minimum Gasteiger partial charge on any atom is -0.384 e. The van der Waals surface area contributed by atoms with E-state index in [-0.39, 0.29) is 29.2 Å². The van der Waals surface area contributed by atoms with Crippen molar-refractivity contribution in [3.05, 3.63) is 85.8 Å². The van der Waals surface area contributed by atoms with Crippen LogP contribution in [0.2, 0.25) is 10.0 Å². The number of hydrogen-bond donors (Lipinski definition) is 2. The lowest BCUT2D eigenvalue weighted by atomic mass is 9.64. The lowest BCUT2D eigenvalue weighted by Gasteiger charge is -2.42. The summed E-state index contributed by atoms with van der Waals surface area (Å²) >= 11 is 15.4. The summed E-state index contributed by atoms with van der Waals surface area (Å²) in [7, 11) is 0. The number of ketones is 1. The molecule has 1 amide bonds. The Morgan fingerprint density at radius 2 is 1.97 bits per heavy atom. The highest BCUT2D eigenvalue weighted by atomic mass is 35.5. The van der Waals surface area contributed by atoms with Gasteiger partial charge in [-0.1, -0.05) is 70.6 Å². The third-order valence-corrected chi connectivity index (χ3v) is 10.2. The molecule has 12 heteroatoms. The van der Waals surface area contributed by atoms with E-state index in [4.69, 9.17) is 28.9 Å². The van der Waals surface area contributed by atoms with E-state index in [0.29, 0.717) is 60.6 Å². The molecule has 3 heterocycles. The van der Waals surface area contributed by atoms with Crippen molar-refractivity contribution < 1.29 is 9.59 Å². The predicted octanol–water partition coefficient (Wildman–Crippen LogP) is 5.86. The molecule has 196 valence electrons. The minimum atomic E-state index is -1.65. The highest BCUT2D eigenvalue weighted by Gasteiger charge is 2.60. The van der Waals surface area contributed by atoms with Crippen LogP contribution in [-0.4, -0.2) is 21.9 Å². The summed E-state index contributed by atoms with van der Waals surface area (Å²) in [6.45, 7) is 1.79. The number of allylic oxidation sites excluding steroid dienone is 1. The number of halogens is 2. The van der Waals surface area contributed by atoms with Crippen molar-refractivity contribution >= 4 is 68.8 Å². The van der Waals surface area contributed by atoms with Crippen LogP contribution in [-0.2, 0) is 20.8 Å². The summed E-state index contributed by atoms with van der Waals surface area (Å²) in [5.74, 6) is -0.0365. The number of nitriles is 1. The zero-order valence-electron chi connectivity index (χ0n) is 20.5. The quantitative estimate of drug-likeness (QED) is 0.360. The largest absolute Gasteiger partial charge is 0.384 e. The van der Waals surface area contributed by atoms with Gasteiger partial charge >= 0.3 is 0 Å². The number of rotatable bonds is 4. The van der Waals surface area contributed by atoms with E-state index in [9.17, 15) is 14.9 Å². The fourth-order valence-electron chi connectivity index (χ4n) is 5.50. The molecule has 3 aliphatic rings. The Balaban J connectivity index is 1.48. The average molecular weight is 596 g/mol. The Morgan fingerprint density at radius 1 is 1.18 bits per heavy atom. The SMILES string of the molecule is Cc1c(Cl)ccc2c1NC(=O)[C@]21C(C#N)=C(N)N(c2nnc(SCc3ccccc3Cl)s2)C2=C1C(=O)CCC2.